The van der Waals surface area contributed by atoms with Gasteiger partial charge in [-0.2, -0.15) is 10.2 Å². The summed E-state index contributed by atoms with van der Waals surface area (Å²) < 4.78 is 17.1. The number of nitrogens with one attached hydrogen (secondary N) is 2. The Labute approximate surface area is 376 Å². The molecule has 5 rings (SSSR count). The number of amides is 3. The van der Waals surface area contributed by atoms with Gasteiger partial charge >= 0.3 is 0 Å². The van der Waals surface area contributed by atoms with Crippen molar-refractivity contribution in [3.63, 3.8) is 0 Å². The molecule has 3 amide bonds. The molecule has 0 aliphatic rings. The van der Waals surface area contributed by atoms with Crippen LogP contribution in [0.3, 0.4) is 0 Å². The molecule has 65 heavy (non-hydrogen) atoms. The summed E-state index contributed by atoms with van der Waals surface area (Å²) in [7, 11) is 3.18. The van der Waals surface area contributed by atoms with E-state index in [0.29, 0.717) is 70.8 Å². The maximum atomic E-state index is 13.2. The lowest BCUT2D eigenvalue weighted by Crippen LogP contribution is -2.41. The number of hydrogen-bond acceptors (Lipinski definition) is 15. The molecule has 0 saturated heterocycles. The van der Waals surface area contributed by atoms with Gasteiger partial charge in [0, 0.05) is 56.2 Å². The predicted octanol–water partition coefficient (Wildman–Crippen LogP) is 3.51. The molecule has 21 heteroatoms. The maximum absolute atomic E-state index is 13.2. The highest BCUT2D eigenvalue weighted by Crippen LogP contribution is 2.39. The molecule has 3 aromatic heterocycles. The van der Waals surface area contributed by atoms with Crippen molar-refractivity contribution in [2.75, 3.05) is 56.5 Å². The van der Waals surface area contributed by atoms with E-state index in [0.717, 1.165) is 18.5 Å². The number of nitrogen functional groups attached to an aromatic ring is 1. The molecule has 344 valence electrons. The molecule has 2 aromatic carbocycles. The van der Waals surface area contributed by atoms with Gasteiger partial charge in [0.2, 0.25) is 17.8 Å². The fraction of sp³-hybridized carbons (Fsp3) is 0.295. The van der Waals surface area contributed by atoms with Crippen molar-refractivity contribution in [3.8, 4) is 11.5 Å². The lowest BCUT2D eigenvalue weighted by atomic mass is 10.1. The number of nitrogens with two attached hydrogens (primary N) is 4. The van der Waals surface area contributed by atoms with Crippen LogP contribution in [0.2, 0.25) is 0 Å². The Balaban J connectivity index is 0.000000814. The number of imidazole rings is 1. The maximum Gasteiger partial charge on any atom is 0.270 e. The second-order valence-corrected chi connectivity index (χ2v) is 14.1. The number of aromatic nitrogens is 6. The number of aldehydes is 1. The number of fused-ring (bicyclic) bond motifs is 1. The Hall–Kier alpha value is -8.23. The molecule has 0 aliphatic carbocycles. The average Bonchev–Trinajstić information content (AvgIpc) is 4.00. The SMILES string of the molecule is C=Nc1cc(C(N)=O)cc(OC)c1N(C/C=C/Cn1c(NC)nc2cc(C(N)=O)cc(OC/C=C/Cn3cc(N)cn3)c21)CNC(=O)C(/C=C(/C)N)=NCC.CCn1nc(C)cc1C=O. The number of ether oxygens (including phenoxy) is 2. The van der Waals surface area contributed by atoms with Gasteiger partial charge in [0.15, 0.2) is 6.29 Å². The molecule has 0 bridgehead atoms. The molecule has 0 saturated carbocycles. The quantitative estimate of drug-likeness (QED) is 0.0251. The van der Waals surface area contributed by atoms with Gasteiger partial charge < -0.3 is 52.5 Å². The van der Waals surface area contributed by atoms with Crippen molar-refractivity contribution >= 4 is 70.5 Å². The first-order valence-corrected chi connectivity index (χ1v) is 20.4. The van der Waals surface area contributed by atoms with Crippen LogP contribution in [-0.2, 0) is 24.4 Å². The van der Waals surface area contributed by atoms with Crippen LogP contribution in [0, 0.1) is 6.92 Å². The van der Waals surface area contributed by atoms with Crippen LogP contribution in [-0.4, -0.2) is 106 Å². The van der Waals surface area contributed by atoms with Gasteiger partial charge in [0.25, 0.3) is 5.91 Å². The second kappa shape index (κ2) is 23.8. The van der Waals surface area contributed by atoms with Gasteiger partial charge in [-0.15, -0.1) is 0 Å². The van der Waals surface area contributed by atoms with Crippen LogP contribution in [0.4, 0.5) is 23.0 Å². The number of anilines is 3. The van der Waals surface area contributed by atoms with E-state index in [9.17, 15) is 19.2 Å². The molecule has 0 atom stereocenters. The standard InChI is InChI=1S/C37H47N13O5.C7H10N2O/c1-6-44-29(15-23(2)38)36(53)45-22-48(32-27(42-3)16-24(34(40)51)18-30(32)54-5)11-7-8-13-50-33-28(47-37(50)43-4)17-25(35(41)52)19-31(33)55-14-10-9-12-49-21-26(39)20-46-49;1-3-9-7(5-10)4-6(2)8-9/h7-10,15-21H,3,6,11-14,22,38-39H2,1-2,4-5H3,(H2,40,51)(H2,41,52)(H,43,47)(H,45,53);4-5H,3H2,1-2H3/b8-7+,10-9+,23-15-,44-29?;. The van der Waals surface area contributed by atoms with Gasteiger partial charge in [-0.1, -0.05) is 18.2 Å². The molecule has 0 fully saturated rings. The van der Waals surface area contributed by atoms with Gasteiger partial charge in [-0.3, -0.25) is 38.5 Å². The molecule has 0 spiro atoms. The van der Waals surface area contributed by atoms with Crippen molar-refractivity contribution in [3.05, 3.63) is 101 Å². The number of hydrogen-bond donors (Lipinski definition) is 6. The Morgan fingerprint density at radius 3 is 2.28 bits per heavy atom. The zero-order chi connectivity index (χ0) is 47.6. The monoisotopic (exact) mass is 891 g/mol. The van der Waals surface area contributed by atoms with Crippen LogP contribution < -0.4 is 47.9 Å². The van der Waals surface area contributed by atoms with Crippen LogP contribution in [0.5, 0.6) is 11.5 Å². The van der Waals surface area contributed by atoms with Crippen LogP contribution in [0.1, 0.15) is 57.7 Å². The van der Waals surface area contributed by atoms with Crippen molar-refractivity contribution in [1.82, 2.24) is 34.4 Å². The number of aryl methyl sites for hydroxylation is 2. The largest absolute Gasteiger partial charge is 0.494 e. The number of rotatable bonds is 22. The predicted molar refractivity (Wildman–Crippen MR) is 253 cm³/mol. The number of nitrogens with zero attached hydrogens (tertiary/aromatic N) is 9. The first-order valence-electron chi connectivity index (χ1n) is 20.4. The van der Waals surface area contributed by atoms with Crippen LogP contribution >= 0.6 is 0 Å². The Morgan fingerprint density at radius 2 is 1.69 bits per heavy atom. The van der Waals surface area contributed by atoms with Crippen LogP contribution in [0.25, 0.3) is 11.0 Å². The minimum atomic E-state index is -0.672. The summed E-state index contributed by atoms with van der Waals surface area (Å²) in [5.41, 5.74) is 27.8. The Bertz CT molecular complexity index is 2610. The highest BCUT2D eigenvalue weighted by molar-refractivity contribution is 6.43. The number of primary amides is 2. The summed E-state index contributed by atoms with van der Waals surface area (Å²) in [6.07, 6.45) is 13.1. The van der Waals surface area contributed by atoms with E-state index in [4.69, 9.17) is 32.4 Å². The molecule has 5 aromatic rings. The van der Waals surface area contributed by atoms with E-state index in [-0.39, 0.29) is 42.4 Å². The molecule has 3 heterocycles. The third kappa shape index (κ3) is 13.4. The summed E-state index contributed by atoms with van der Waals surface area (Å²) in [4.78, 5) is 62.7. The highest BCUT2D eigenvalue weighted by Gasteiger charge is 2.21. The molecular formula is C44H57N15O6. The normalized spacial score (nSPS) is 11.7. The number of benzene rings is 2. The lowest BCUT2D eigenvalue weighted by Gasteiger charge is -2.27. The fourth-order valence-corrected chi connectivity index (χ4v) is 6.41. The minimum Gasteiger partial charge on any atom is -0.494 e. The number of aliphatic imine (C=N–C) groups is 2. The third-order valence-electron chi connectivity index (χ3n) is 9.30. The van der Waals surface area contributed by atoms with E-state index in [2.05, 4.69) is 42.5 Å². The minimum absolute atomic E-state index is 0.0247. The molecule has 0 radical (unpaired) electrons. The second-order valence-electron chi connectivity index (χ2n) is 14.1. The average molecular weight is 892 g/mol. The first-order chi connectivity index (χ1) is 31.2. The molecule has 21 nitrogen and oxygen atoms in total. The molecular weight excluding hydrogens is 835 g/mol. The number of methoxy groups -OCH3 is 1. The zero-order valence-corrected chi connectivity index (χ0v) is 37.4. The molecule has 0 aliphatic heterocycles. The summed E-state index contributed by atoms with van der Waals surface area (Å²) >= 11 is 0. The zero-order valence-electron chi connectivity index (χ0n) is 37.4. The lowest BCUT2D eigenvalue weighted by molar-refractivity contribution is -0.114. The first kappa shape index (κ1) is 49.4. The Kier molecular flexibility index (Phi) is 18.1. The van der Waals surface area contributed by atoms with Crippen molar-refractivity contribution in [2.24, 2.45) is 27.2 Å². The van der Waals surface area contributed by atoms with Crippen molar-refractivity contribution in [2.45, 2.75) is 47.3 Å². The topological polar surface area (TPSA) is 296 Å². The van der Waals surface area contributed by atoms with E-state index in [1.807, 2.05) is 49.6 Å². The van der Waals surface area contributed by atoms with Crippen LogP contribution in [0.15, 0.2) is 88.8 Å². The van der Waals surface area contributed by atoms with E-state index < -0.39 is 17.7 Å². The smallest absolute Gasteiger partial charge is 0.270 e. The highest BCUT2D eigenvalue weighted by atomic mass is 16.5. The fourth-order valence-electron chi connectivity index (χ4n) is 6.41. The summed E-state index contributed by atoms with van der Waals surface area (Å²) in [6, 6.07) is 7.96. The molecule has 10 N–H and O–H groups in total. The van der Waals surface area contributed by atoms with Crippen molar-refractivity contribution in [1.29, 1.82) is 0 Å². The van der Waals surface area contributed by atoms with Gasteiger partial charge in [-0.05, 0) is 76.9 Å². The van der Waals surface area contributed by atoms with Gasteiger partial charge in [0.1, 0.15) is 40.7 Å². The summed E-state index contributed by atoms with van der Waals surface area (Å²) in [5.74, 6) is -0.550. The summed E-state index contributed by atoms with van der Waals surface area (Å²) in [6.45, 7) is 13.3. The van der Waals surface area contributed by atoms with Gasteiger partial charge in [-0.25, -0.2) is 4.98 Å². The summed E-state index contributed by atoms with van der Waals surface area (Å²) in [5, 5.41) is 14.2. The number of carbonyl (C=O) groups is 4. The van der Waals surface area contributed by atoms with Gasteiger partial charge in [0.05, 0.1) is 49.1 Å². The number of carbonyl (C=O) groups excluding carboxylic acids is 4. The van der Waals surface area contributed by atoms with E-state index >= 15 is 0 Å². The van der Waals surface area contributed by atoms with Crippen molar-refractivity contribution < 1.29 is 28.7 Å². The third-order valence-corrected chi connectivity index (χ3v) is 9.30. The van der Waals surface area contributed by atoms with E-state index in [1.54, 1.807) is 58.8 Å². The Morgan fingerprint density at radius 1 is 0.985 bits per heavy atom. The molecule has 0 unspecified atom stereocenters. The van der Waals surface area contributed by atoms with E-state index in [1.165, 1.54) is 25.3 Å². The number of allylic oxidation sites excluding steroid dienone is 3.